The van der Waals surface area contributed by atoms with Crippen LogP contribution in [0, 0.1) is 5.82 Å². The van der Waals surface area contributed by atoms with E-state index >= 15 is 0 Å². The maximum atomic E-state index is 12.8. The van der Waals surface area contributed by atoms with Gasteiger partial charge < -0.3 is 14.8 Å². The molecular formula is C18H18FNO4. The smallest absolute Gasteiger partial charge is 0.347 e. The molecule has 0 aromatic heterocycles. The molecule has 0 aliphatic carbocycles. The van der Waals surface area contributed by atoms with E-state index in [2.05, 4.69) is 5.32 Å². The van der Waals surface area contributed by atoms with Crippen molar-refractivity contribution in [2.24, 2.45) is 0 Å². The number of amides is 1. The maximum Gasteiger partial charge on any atom is 0.347 e. The Morgan fingerprint density at radius 3 is 2.29 bits per heavy atom. The third-order valence-electron chi connectivity index (χ3n) is 3.15. The number of esters is 1. The molecule has 0 saturated carbocycles. The SMILES string of the molecule is CCOC(=O)[C@@H](C)Oc1ccc(C(=O)Nc2ccc(F)cc2)cc1. The van der Waals surface area contributed by atoms with E-state index in [0.29, 0.717) is 17.0 Å². The molecule has 24 heavy (non-hydrogen) atoms. The number of benzene rings is 2. The summed E-state index contributed by atoms with van der Waals surface area (Å²) in [5.41, 5.74) is 0.910. The first-order chi connectivity index (χ1) is 11.5. The molecule has 5 nitrogen and oxygen atoms in total. The monoisotopic (exact) mass is 331 g/mol. The molecular weight excluding hydrogens is 313 g/mol. The van der Waals surface area contributed by atoms with Gasteiger partial charge in [-0.15, -0.1) is 0 Å². The summed E-state index contributed by atoms with van der Waals surface area (Å²) < 4.78 is 23.1. The molecule has 0 unspecified atom stereocenters. The minimum atomic E-state index is -0.733. The number of nitrogens with one attached hydrogen (secondary N) is 1. The van der Waals surface area contributed by atoms with E-state index in [-0.39, 0.29) is 18.3 Å². The predicted molar refractivity (Wildman–Crippen MR) is 87.5 cm³/mol. The summed E-state index contributed by atoms with van der Waals surface area (Å²) in [6.07, 6.45) is -0.733. The van der Waals surface area contributed by atoms with Crippen LogP contribution in [-0.2, 0) is 9.53 Å². The number of carbonyl (C=O) groups is 2. The Hall–Kier alpha value is -2.89. The second-order valence-corrected chi connectivity index (χ2v) is 5.00. The Morgan fingerprint density at radius 1 is 1.08 bits per heavy atom. The molecule has 1 amide bonds. The van der Waals surface area contributed by atoms with Gasteiger partial charge in [0.25, 0.3) is 5.91 Å². The topological polar surface area (TPSA) is 64.6 Å². The molecule has 0 saturated heterocycles. The van der Waals surface area contributed by atoms with Gasteiger partial charge in [0.05, 0.1) is 6.61 Å². The lowest BCUT2D eigenvalue weighted by Crippen LogP contribution is -2.26. The fraction of sp³-hybridized carbons (Fsp3) is 0.222. The summed E-state index contributed by atoms with van der Waals surface area (Å²) in [5, 5.41) is 2.66. The fourth-order valence-corrected chi connectivity index (χ4v) is 1.93. The van der Waals surface area contributed by atoms with E-state index in [1.165, 1.54) is 24.3 Å². The highest BCUT2D eigenvalue weighted by molar-refractivity contribution is 6.04. The number of anilines is 1. The average Bonchev–Trinajstić information content (AvgIpc) is 2.57. The van der Waals surface area contributed by atoms with Crippen LogP contribution in [0.1, 0.15) is 24.2 Å². The predicted octanol–water partition coefficient (Wildman–Crippen LogP) is 3.41. The first-order valence-electron chi connectivity index (χ1n) is 7.50. The van der Waals surface area contributed by atoms with Crippen molar-refractivity contribution in [3.05, 3.63) is 59.9 Å². The van der Waals surface area contributed by atoms with E-state index in [0.717, 1.165) is 0 Å². The molecule has 0 spiro atoms. The van der Waals surface area contributed by atoms with Crippen molar-refractivity contribution in [1.29, 1.82) is 0 Å². The van der Waals surface area contributed by atoms with Crippen LogP contribution in [0.3, 0.4) is 0 Å². The van der Waals surface area contributed by atoms with Crippen molar-refractivity contribution < 1.29 is 23.5 Å². The van der Waals surface area contributed by atoms with Crippen LogP contribution in [0.15, 0.2) is 48.5 Å². The lowest BCUT2D eigenvalue weighted by atomic mass is 10.2. The van der Waals surface area contributed by atoms with Crippen LogP contribution in [0.4, 0.5) is 10.1 Å². The van der Waals surface area contributed by atoms with Gasteiger partial charge in [0.15, 0.2) is 6.10 Å². The third kappa shape index (κ3) is 4.81. The van der Waals surface area contributed by atoms with Crippen LogP contribution in [0.5, 0.6) is 5.75 Å². The van der Waals surface area contributed by atoms with Gasteiger partial charge >= 0.3 is 5.97 Å². The molecule has 0 aliphatic heterocycles. The summed E-state index contributed by atoms with van der Waals surface area (Å²) in [4.78, 5) is 23.6. The third-order valence-corrected chi connectivity index (χ3v) is 3.15. The summed E-state index contributed by atoms with van der Waals surface area (Å²) in [6.45, 7) is 3.60. The fourth-order valence-electron chi connectivity index (χ4n) is 1.93. The first kappa shape index (κ1) is 17.5. The minimum absolute atomic E-state index is 0.287. The number of halogens is 1. The van der Waals surface area contributed by atoms with Crippen molar-refractivity contribution in [1.82, 2.24) is 0 Å². The van der Waals surface area contributed by atoms with Crippen LogP contribution >= 0.6 is 0 Å². The second-order valence-electron chi connectivity index (χ2n) is 5.00. The molecule has 0 aliphatic rings. The van der Waals surface area contributed by atoms with Crippen LogP contribution in [0.2, 0.25) is 0 Å². The number of ether oxygens (including phenoxy) is 2. The Bertz CT molecular complexity index is 698. The van der Waals surface area contributed by atoms with Gasteiger partial charge in [-0.3, -0.25) is 4.79 Å². The van der Waals surface area contributed by atoms with E-state index in [1.54, 1.807) is 38.1 Å². The number of rotatable bonds is 6. The standard InChI is InChI=1S/C18H18FNO4/c1-3-23-18(22)12(2)24-16-10-4-13(5-11-16)17(21)20-15-8-6-14(19)7-9-15/h4-12H,3H2,1-2H3,(H,20,21)/t12-/m1/s1. The highest BCUT2D eigenvalue weighted by atomic mass is 19.1. The lowest BCUT2D eigenvalue weighted by molar-refractivity contribution is -0.150. The highest BCUT2D eigenvalue weighted by Crippen LogP contribution is 2.16. The van der Waals surface area contributed by atoms with Crippen LogP contribution in [-0.4, -0.2) is 24.6 Å². The van der Waals surface area contributed by atoms with Crippen molar-refractivity contribution in [2.45, 2.75) is 20.0 Å². The van der Waals surface area contributed by atoms with Crippen LogP contribution in [0.25, 0.3) is 0 Å². The molecule has 2 aromatic rings. The molecule has 0 heterocycles. The zero-order valence-corrected chi connectivity index (χ0v) is 13.4. The lowest BCUT2D eigenvalue weighted by Gasteiger charge is -2.13. The van der Waals surface area contributed by atoms with Crippen LogP contribution < -0.4 is 10.1 Å². The summed E-state index contributed by atoms with van der Waals surface area (Å²) in [5.74, 6) is -0.693. The molecule has 0 radical (unpaired) electrons. The second kappa shape index (κ2) is 8.10. The zero-order valence-electron chi connectivity index (χ0n) is 13.4. The number of hydrogen-bond acceptors (Lipinski definition) is 4. The van der Waals surface area contributed by atoms with Gasteiger partial charge in [-0.05, 0) is 62.4 Å². The van der Waals surface area contributed by atoms with Gasteiger partial charge in [-0.1, -0.05) is 0 Å². The van der Waals surface area contributed by atoms with E-state index < -0.39 is 12.1 Å². The number of carbonyl (C=O) groups excluding carboxylic acids is 2. The Kier molecular flexibility index (Phi) is 5.89. The molecule has 0 bridgehead atoms. The quantitative estimate of drug-likeness (QED) is 0.824. The van der Waals surface area contributed by atoms with E-state index in [1.807, 2.05) is 0 Å². The van der Waals surface area contributed by atoms with Gasteiger partial charge in [-0.25, -0.2) is 9.18 Å². The van der Waals surface area contributed by atoms with Gasteiger partial charge in [0.2, 0.25) is 0 Å². The molecule has 0 fully saturated rings. The van der Waals surface area contributed by atoms with Gasteiger partial charge in [-0.2, -0.15) is 0 Å². The van der Waals surface area contributed by atoms with Crippen molar-refractivity contribution >= 4 is 17.6 Å². The van der Waals surface area contributed by atoms with E-state index in [9.17, 15) is 14.0 Å². The Morgan fingerprint density at radius 2 is 1.71 bits per heavy atom. The van der Waals surface area contributed by atoms with E-state index in [4.69, 9.17) is 9.47 Å². The molecule has 126 valence electrons. The largest absolute Gasteiger partial charge is 0.479 e. The first-order valence-corrected chi connectivity index (χ1v) is 7.50. The Balaban J connectivity index is 1.97. The maximum absolute atomic E-state index is 12.8. The highest BCUT2D eigenvalue weighted by Gasteiger charge is 2.15. The van der Waals surface area contributed by atoms with Crippen molar-refractivity contribution in [3.8, 4) is 5.75 Å². The number of hydrogen-bond donors (Lipinski definition) is 1. The normalized spacial score (nSPS) is 11.5. The van der Waals surface area contributed by atoms with Gasteiger partial charge in [0.1, 0.15) is 11.6 Å². The molecule has 2 aromatic carbocycles. The summed E-state index contributed by atoms with van der Waals surface area (Å²) >= 11 is 0. The molecule has 1 N–H and O–H groups in total. The average molecular weight is 331 g/mol. The van der Waals surface area contributed by atoms with Crippen molar-refractivity contribution in [2.75, 3.05) is 11.9 Å². The Labute approximate surface area is 139 Å². The minimum Gasteiger partial charge on any atom is -0.479 e. The van der Waals surface area contributed by atoms with Gasteiger partial charge in [0, 0.05) is 11.3 Å². The molecule has 2 rings (SSSR count). The molecule has 6 heteroatoms. The summed E-state index contributed by atoms with van der Waals surface area (Å²) in [6, 6.07) is 11.8. The molecule has 1 atom stereocenters. The summed E-state index contributed by atoms with van der Waals surface area (Å²) in [7, 11) is 0. The van der Waals surface area contributed by atoms with Crippen molar-refractivity contribution in [3.63, 3.8) is 0 Å². The zero-order chi connectivity index (χ0) is 17.5.